The van der Waals surface area contributed by atoms with E-state index in [4.69, 9.17) is 0 Å². The first-order chi connectivity index (χ1) is 13.1. The topological polar surface area (TPSA) is 66.7 Å². The van der Waals surface area contributed by atoms with Crippen LogP contribution < -0.4 is 5.32 Å². The number of carbonyl (C=O) groups is 2. The second-order valence-corrected chi connectivity index (χ2v) is 7.51. The molecule has 2 amide bonds. The number of amides is 2. The fourth-order valence-electron chi connectivity index (χ4n) is 3.27. The zero-order chi connectivity index (χ0) is 18.8. The van der Waals surface area contributed by atoms with Gasteiger partial charge in [0.1, 0.15) is 5.82 Å². The molecule has 3 heterocycles. The maximum Gasteiger partial charge on any atom is 0.251 e. The number of hydrogen-bond acceptors (Lipinski definition) is 4. The number of nitrogens with one attached hydrogen (secondary N) is 1. The normalized spacial score (nSPS) is 15.2. The van der Waals surface area contributed by atoms with Crippen molar-refractivity contribution in [3.63, 3.8) is 0 Å². The van der Waals surface area contributed by atoms with Crippen LogP contribution in [0.1, 0.15) is 28.9 Å². The molecule has 0 saturated carbocycles. The highest BCUT2D eigenvalue weighted by Crippen LogP contribution is 2.15. The number of rotatable bonds is 4. The molecule has 6 nitrogen and oxygen atoms in total. The Bertz CT molecular complexity index is 929. The molecule has 1 fully saturated rings. The van der Waals surface area contributed by atoms with Gasteiger partial charge in [0, 0.05) is 42.5 Å². The lowest BCUT2D eigenvalue weighted by atomic mass is 10.0. The summed E-state index contributed by atoms with van der Waals surface area (Å²) in [7, 11) is 0. The van der Waals surface area contributed by atoms with Crippen LogP contribution in [0.25, 0.3) is 4.96 Å². The molecule has 1 aliphatic heterocycles. The predicted octanol–water partition coefficient (Wildman–Crippen LogP) is 2.50. The minimum absolute atomic E-state index is 0.0181. The second-order valence-electron chi connectivity index (χ2n) is 6.64. The van der Waals surface area contributed by atoms with Gasteiger partial charge in [-0.05, 0) is 37.1 Å². The van der Waals surface area contributed by atoms with Crippen molar-refractivity contribution in [1.29, 1.82) is 0 Å². The Labute approximate surface area is 159 Å². The Morgan fingerprint density at radius 1 is 1.22 bits per heavy atom. The summed E-state index contributed by atoms with van der Waals surface area (Å²) in [6.07, 6.45) is 5.52. The number of carbonyl (C=O) groups excluding carboxylic acids is 2. The molecular weight excluding hydrogens is 367 g/mol. The van der Waals surface area contributed by atoms with Gasteiger partial charge in [0.25, 0.3) is 5.91 Å². The molecule has 0 spiro atoms. The number of nitrogens with zero attached hydrogens (tertiary/aromatic N) is 3. The fraction of sp³-hybridized carbons (Fsp3) is 0.316. The molecule has 140 valence electrons. The van der Waals surface area contributed by atoms with Gasteiger partial charge in [-0.2, -0.15) is 0 Å². The van der Waals surface area contributed by atoms with Crippen LogP contribution in [-0.4, -0.2) is 45.2 Å². The third-order valence-electron chi connectivity index (χ3n) is 4.76. The Kier molecular flexibility index (Phi) is 4.89. The fourth-order valence-corrected chi connectivity index (χ4v) is 3.99. The molecule has 0 atom stereocenters. The summed E-state index contributed by atoms with van der Waals surface area (Å²) in [5.74, 6) is -0.516. The zero-order valence-electron chi connectivity index (χ0n) is 14.6. The van der Waals surface area contributed by atoms with Crippen molar-refractivity contribution in [1.82, 2.24) is 19.6 Å². The Morgan fingerprint density at radius 2 is 1.96 bits per heavy atom. The minimum Gasteiger partial charge on any atom is -0.349 e. The van der Waals surface area contributed by atoms with Gasteiger partial charge in [-0.15, -0.1) is 11.3 Å². The summed E-state index contributed by atoms with van der Waals surface area (Å²) in [6.45, 7) is 1.21. The van der Waals surface area contributed by atoms with Crippen molar-refractivity contribution < 1.29 is 14.0 Å². The number of thiazole rings is 1. The summed E-state index contributed by atoms with van der Waals surface area (Å²) in [5, 5.41) is 4.92. The van der Waals surface area contributed by atoms with E-state index in [2.05, 4.69) is 10.3 Å². The van der Waals surface area contributed by atoms with Gasteiger partial charge in [-0.1, -0.05) is 0 Å². The number of aromatic nitrogens is 2. The van der Waals surface area contributed by atoms with E-state index in [1.807, 2.05) is 27.1 Å². The van der Waals surface area contributed by atoms with E-state index >= 15 is 0 Å². The van der Waals surface area contributed by atoms with Crippen molar-refractivity contribution in [3.05, 3.63) is 59.1 Å². The van der Waals surface area contributed by atoms with E-state index in [9.17, 15) is 14.0 Å². The first kappa shape index (κ1) is 17.7. The van der Waals surface area contributed by atoms with Crippen molar-refractivity contribution in [2.24, 2.45) is 0 Å². The standard InChI is InChI=1S/C19H19FN4O2S/c20-14-3-1-13(2-4-14)18(26)21-15-5-7-23(8-6-15)17(25)11-16-12-24-9-10-27-19(24)22-16/h1-4,9-10,12,15H,5-8,11H2,(H,21,26). The molecule has 8 heteroatoms. The molecule has 27 heavy (non-hydrogen) atoms. The lowest BCUT2D eigenvalue weighted by Crippen LogP contribution is -2.47. The summed E-state index contributed by atoms with van der Waals surface area (Å²) in [6, 6.07) is 5.51. The van der Waals surface area contributed by atoms with Crippen LogP contribution in [0.15, 0.2) is 42.0 Å². The molecule has 1 aromatic carbocycles. The summed E-state index contributed by atoms with van der Waals surface area (Å²) >= 11 is 1.54. The number of halogens is 1. The van der Waals surface area contributed by atoms with Gasteiger partial charge in [0.2, 0.25) is 5.91 Å². The maximum atomic E-state index is 13.0. The average Bonchev–Trinajstić information content (AvgIpc) is 3.24. The molecule has 1 N–H and O–H groups in total. The summed E-state index contributed by atoms with van der Waals surface area (Å²) in [5.41, 5.74) is 1.22. The highest BCUT2D eigenvalue weighted by molar-refractivity contribution is 7.15. The van der Waals surface area contributed by atoms with Gasteiger partial charge in [0.15, 0.2) is 4.96 Å². The van der Waals surface area contributed by atoms with Gasteiger partial charge in [-0.3, -0.25) is 14.0 Å². The number of imidazole rings is 1. The van der Waals surface area contributed by atoms with Crippen molar-refractivity contribution in [2.45, 2.75) is 25.3 Å². The zero-order valence-corrected chi connectivity index (χ0v) is 15.4. The molecule has 3 aromatic rings. The number of fused-ring (bicyclic) bond motifs is 1. The number of benzene rings is 1. The smallest absolute Gasteiger partial charge is 0.251 e. The number of piperidine rings is 1. The Balaban J connectivity index is 1.27. The van der Waals surface area contributed by atoms with E-state index in [0.717, 1.165) is 10.7 Å². The summed E-state index contributed by atoms with van der Waals surface area (Å²) in [4.78, 5) is 31.9. The molecule has 2 aromatic heterocycles. The largest absolute Gasteiger partial charge is 0.349 e. The van der Waals surface area contributed by atoms with E-state index in [1.54, 1.807) is 11.3 Å². The molecule has 1 saturated heterocycles. The van der Waals surface area contributed by atoms with Gasteiger partial charge >= 0.3 is 0 Å². The van der Waals surface area contributed by atoms with E-state index in [0.29, 0.717) is 37.9 Å². The Morgan fingerprint density at radius 3 is 2.67 bits per heavy atom. The van der Waals surface area contributed by atoms with E-state index in [1.165, 1.54) is 24.3 Å². The molecule has 0 unspecified atom stereocenters. The predicted molar refractivity (Wildman–Crippen MR) is 100 cm³/mol. The highest BCUT2D eigenvalue weighted by Gasteiger charge is 2.24. The molecular formula is C19H19FN4O2S. The van der Waals surface area contributed by atoms with Crippen LogP contribution in [0, 0.1) is 5.82 Å². The second kappa shape index (κ2) is 7.48. The van der Waals surface area contributed by atoms with Crippen LogP contribution >= 0.6 is 11.3 Å². The SMILES string of the molecule is O=C(NC1CCN(C(=O)Cc2cn3ccsc3n2)CC1)c1ccc(F)cc1. The average molecular weight is 386 g/mol. The molecule has 0 radical (unpaired) electrons. The van der Waals surface area contributed by atoms with E-state index < -0.39 is 0 Å². The van der Waals surface area contributed by atoms with Gasteiger partial charge < -0.3 is 10.2 Å². The Hall–Kier alpha value is -2.74. The number of hydrogen-bond donors (Lipinski definition) is 1. The van der Waals surface area contributed by atoms with Crippen LogP contribution in [0.2, 0.25) is 0 Å². The minimum atomic E-state index is -0.365. The van der Waals surface area contributed by atoms with Crippen molar-refractivity contribution >= 4 is 28.1 Å². The molecule has 1 aliphatic rings. The third-order valence-corrected chi connectivity index (χ3v) is 5.54. The molecule has 4 rings (SSSR count). The van der Waals surface area contributed by atoms with Gasteiger partial charge in [0.05, 0.1) is 12.1 Å². The molecule has 0 bridgehead atoms. The van der Waals surface area contributed by atoms with Crippen LogP contribution in [0.3, 0.4) is 0 Å². The van der Waals surface area contributed by atoms with Crippen LogP contribution in [-0.2, 0) is 11.2 Å². The third kappa shape index (κ3) is 4.00. The van der Waals surface area contributed by atoms with E-state index in [-0.39, 0.29) is 23.7 Å². The first-order valence-electron chi connectivity index (χ1n) is 8.84. The maximum absolute atomic E-state index is 13.0. The monoisotopic (exact) mass is 386 g/mol. The summed E-state index contributed by atoms with van der Waals surface area (Å²) < 4.78 is 14.9. The van der Waals surface area contributed by atoms with Crippen LogP contribution in [0.4, 0.5) is 4.39 Å². The first-order valence-corrected chi connectivity index (χ1v) is 9.72. The number of likely N-dealkylation sites (tertiary alicyclic amines) is 1. The van der Waals surface area contributed by atoms with Crippen molar-refractivity contribution in [3.8, 4) is 0 Å². The van der Waals surface area contributed by atoms with Crippen LogP contribution in [0.5, 0.6) is 0 Å². The van der Waals surface area contributed by atoms with Gasteiger partial charge in [-0.25, -0.2) is 9.37 Å². The lowest BCUT2D eigenvalue weighted by Gasteiger charge is -2.32. The molecule has 0 aliphatic carbocycles. The lowest BCUT2D eigenvalue weighted by molar-refractivity contribution is -0.131. The quantitative estimate of drug-likeness (QED) is 0.749. The van der Waals surface area contributed by atoms with Crippen molar-refractivity contribution in [2.75, 3.05) is 13.1 Å². The highest BCUT2D eigenvalue weighted by atomic mass is 32.1.